The molecule has 2 aromatic rings. The van der Waals surface area contributed by atoms with Gasteiger partial charge in [0.05, 0.1) is 9.50 Å². The summed E-state index contributed by atoms with van der Waals surface area (Å²) in [7, 11) is 0. The third-order valence-electron chi connectivity index (χ3n) is 1.87. The molecule has 0 saturated heterocycles. The lowest BCUT2D eigenvalue weighted by molar-refractivity contribution is 0.425. The van der Waals surface area contributed by atoms with E-state index < -0.39 is 5.82 Å². The van der Waals surface area contributed by atoms with Crippen LogP contribution in [0.5, 0.6) is 11.6 Å². The maximum Gasteiger partial charge on any atom is 0.233 e. The van der Waals surface area contributed by atoms with Crippen molar-refractivity contribution in [2.24, 2.45) is 0 Å². The van der Waals surface area contributed by atoms with E-state index in [1.54, 1.807) is 12.1 Å². The molecule has 17 heavy (non-hydrogen) atoms. The second-order valence-electron chi connectivity index (χ2n) is 3.12. The minimum atomic E-state index is -0.469. The van der Waals surface area contributed by atoms with Crippen LogP contribution in [0.3, 0.4) is 0 Å². The van der Waals surface area contributed by atoms with E-state index in [1.807, 2.05) is 0 Å². The molecule has 0 aliphatic carbocycles. The Bertz CT molecular complexity index is 516. The highest BCUT2D eigenvalue weighted by Gasteiger charge is 2.09. The Morgan fingerprint density at radius 3 is 2.65 bits per heavy atom. The summed E-state index contributed by atoms with van der Waals surface area (Å²) in [6, 6.07) is 6.14. The molecule has 0 atom stereocenters. The van der Waals surface area contributed by atoms with Crippen LogP contribution in [0, 0.1) is 5.82 Å². The van der Waals surface area contributed by atoms with Gasteiger partial charge in [-0.3, -0.25) is 0 Å². The molecule has 0 aliphatic heterocycles. The largest absolute Gasteiger partial charge is 0.435 e. The maximum atomic E-state index is 13.5. The smallest absolute Gasteiger partial charge is 0.233 e. The van der Waals surface area contributed by atoms with Crippen LogP contribution in [0.1, 0.15) is 0 Å². The van der Waals surface area contributed by atoms with Crippen LogP contribution in [0.4, 0.5) is 4.39 Å². The number of aromatic nitrogens is 1. The van der Waals surface area contributed by atoms with Gasteiger partial charge >= 0.3 is 0 Å². The van der Waals surface area contributed by atoms with Crippen LogP contribution >= 0.6 is 43.5 Å². The molecule has 0 aliphatic rings. The molecule has 2 nitrogen and oxygen atoms in total. The van der Waals surface area contributed by atoms with E-state index in [2.05, 4.69) is 36.8 Å². The second kappa shape index (κ2) is 5.33. The number of benzene rings is 1. The highest BCUT2D eigenvalue weighted by Crippen LogP contribution is 2.31. The lowest BCUT2D eigenvalue weighted by atomic mass is 10.3. The van der Waals surface area contributed by atoms with Gasteiger partial charge in [-0.15, -0.1) is 0 Å². The van der Waals surface area contributed by atoms with Crippen LogP contribution in [0.25, 0.3) is 0 Å². The van der Waals surface area contributed by atoms with Crippen molar-refractivity contribution >= 4 is 43.5 Å². The zero-order chi connectivity index (χ0) is 12.4. The van der Waals surface area contributed by atoms with Crippen molar-refractivity contribution in [3.8, 4) is 11.6 Å². The molecule has 88 valence electrons. The summed E-state index contributed by atoms with van der Waals surface area (Å²) in [6.07, 6.45) is 1.43. The Hall–Kier alpha value is -0.650. The third kappa shape index (κ3) is 3.18. The molecule has 0 amide bonds. The quantitative estimate of drug-likeness (QED) is 0.714. The summed E-state index contributed by atoms with van der Waals surface area (Å²) in [6.45, 7) is 0. The molecular weight excluding hydrogens is 376 g/mol. The Balaban J connectivity index is 2.31. The van der Waals surface area contributed by atoms with E-state index in [0.717, 1.165) is 0 Å². The Morgan fingerprint density at radius 1 is 1.24 bits per heavy atom. The first-order valence-corrected chi connectivity index (χ1v) is 6.46. The van der Waals surface area contributed by atoms with Crippen LogP contribution < -0.4 is 4.74 Å². The molecule has 0 bridgehead atoms. The lowest BCUT2D eigenvalue weighted by Gasteiger charge is -2.07. The summed E-state index contributed by atoms with van der Waals surface area (Å²) < 4.78 is 20.1. The molecule has 6 heteroatoms. The molecule has 1 aromatic heterocycles. The molecule has 1 heterocycles. The number of halogens is 4. The predicted octanol–water partition coefficient (Wildman–Crippen LogP) is 5.19. The molecule has 2 rings (SSSR count). The van der Waals surface area contributed by atoms with E-state index in [-0.39, 0.29) is 11.6 Å². The monoisotopic (exact) mass is 379 g/mol. The van der Waals surface area contributed by atoms with Gasteiger partial charge in [0.1, 0.15) is 0 Å². The van der Waals surface area contributed by atoms with E-state index in [4.69, 9.17) is 16.3 Å². The fourth-order valence-electron chi connectivity index (χ4n) is 1.14. The van der Waals surface area contributed by atoms with Gasteiger partial charge in [-0.25, -0.2) is 9.37 Å². The predicted molar refractivity (Wildman–Crippen MR) is 71.1 cm³/mol. The highest BCUT2D eigenvalue weighted by atomic mass is 79.9. The zero-order valence-electron chi connectivity index (χ0n) is 8.25. The fraction of sp³-hybridized carbons (Fsp3) is 0. The zero-order valence-corrected chi connectivity index (χ0v) is 12.2. The summed E-state index contributed by atoms with van der Waals surface area (Å²) in [5.74, 6) is -0.109. The van der Waals surface area contributed by atoms with Gasteiger partial charge < -0.3 is 4.74 Å². The maximum absolute atomic E-state index is 13.5. The summed E-state index contributed by atoms with van der Waals surface area (Å²) in [5.41, 5.74) is 0. The van der Waals surface area contributed by atoms with Crippen LogP contribution in [-0.4, -0.2) is 4.98 Å². The number of pyridine rings is 1. The Labute approximate surface area is 119 Å². The van der Waals surface area contributed by atoms with Crippen LogP contribution in [0.15, 0.2) is 39.4 Å². The van der Waals surface area contributed by atoms with Crippen molar-refractivity contribution in [1.82, 2.24) is 4.98 Å². The van der Waals surface area contributed by atoms with Gasteiger partial charge in [0.15, 0.2) is 11.6 Å². The van der Waals surface area contributed by atoms with Gasteiger partial charge in [0, 0.05) is 10.7 Å². The Kier molecular flexibility index (Phi) is 4.01. The molecule has 0 unspecified atom stereocenters. The van der Waals surface area contributed by atoms with E-state index in [9.17, 15) is 4.39 Å². The van der Waals surface area contributed by atoms with Gasteiger partial charge in [-0.1, -0.05) is 27.5 Å². The molecule has 0 fully saturated rings. The summed E-state index contributed by atoms with van der Waals surface area (Å²) in [4.78, 5) is 3.96. The molecule has 0 saturated carbocycles. The van der Waals surface area contributed by atoms with Gasteiger partial charge in [0.2, 0.25) is 5.88 Å². The van der Waals surface area contributed by atoms with Crippen molar-refractivity contribution in [2.75, 3.05) is 0 Å². The number of nitrogens with zero attached hydrogens (tertiary/aromatic N) is 1. The molecule has 0 radical (unpaired) electrons. The van der Waals surface area contributed by atoms with Crippen molar-refractivity contribution < 1.29 is 9.13 Å². The first-order chi connectivity index (χ1) is 8.06. The summed E-state index contributed by atoms with van der Waals surface area (Å²) >= 11 is 12.2. The lowest BCUT2D eigenvalue weighted by Crippen LogP contribution is -1.91. The first-order valence-electron chi connectivity index (χ1n) is 4.50. The van der Waals surface area contributed by atoms with Crippen molar-refractivity contribution in [2.45, 2.75) is 0 Å². The highest BCUT2D eigenvalue weighted by molar-refractivity contribution is 9.10. The minimum absolute atomic E-state index is 0.101. The normalized spacial score (nSPS) is 10.4. The van der Waals surface area contributed by atoms with Crippen LogP contribution in [0.2, 0.25) is 5.02 Å². The Morgan fingerprint density at radius 2 is 2.00 bits per heavy atom. The second-order valence-corrected chi connectivity index (χ2v) is 5.32. The average molecular weight is 381 g/mol. The first kappa shape index (κ1) is 12.8. The van der Waals surface area contributed by atoms with Gasteiger partial charge in [-0.2, -0.15) is 0 Å². The SMILES string of the molecule is Fc1cc(Br)ccc1Oc1ncc(Cl)cc1Br. The number of rotatable bonds is 2. The number of ether oxygens (including phenoxy) is 1. The number of hydrogen-bond acceptors (Lipinski definition) is 2. The molecular formula is C11H5Br2ClFNO. The molecule has 0 spiro atoms. The van der Waals surface area contributed by atoms with Crippen molar-refractivity contribution in [3.05, 3.63) is 50.2 Å². The van der Waals surface area contributed by atoms with E-state index in [1.165, 1.54) is 18.3 Å². The van der Waals surface area contributed by atoms with Gasteiger partial charge in [0.25, 0.3) is 0 Å². The standard InChI is InChI=1S/C11H5Br2ClFNO/c12-6-1-2-10(9(15)3-6)17-11-8(13)4-7(14)5-16-11/h1-5H. The van der Waals surface area contributed by atoms with E-state index in [0.29, 0.717) is 14.0 Å². The van der Waals surface area contributed by atoms with Crippen molar-refractivity contribution in [3.63, 3.8) is 0 Å². The van der Waals surface area contributed by atoms with E-state index >= 15 is 0 Å². The van der Waals surface area contributed by atoms with Crippen molar-refractivity contribution in [1.29, 1.82) is 0 Å². The number of hydrogen-bond donors (Lipinski definition) is 0. The third-order valence-corrected chi connectivity index (χ3v) is 3.14. The summed E-state index contributed by atoms with van der Waals surface area (Å²) in [5, 5.41) is 0.473. The van der Waals surface area contributed by atoms with Gasteiger partial charge in [-0.05, 0) is 40.2 Å². The molecule has 1 aromatic carbocycles. The molecule has 0 N–H and O–H groups in total. The minimum Gasteiger partial charge on any atom is -0.435 e. The topological polar surface area (TPSA) is 22.1 Å². The fourth-order valence-corrected chi connectivity index (χ4v) is 2.19. The average Bonchev–Trinajstić information content (AvgIpc) is 2.25. The van der Waals surface area contributed by atoms with Crippen LogP contribution in [-0.2, 0) is 0 Å².